The minimum Gasteiger partial charge on any atom is -0.480 e. The van der Waals surface area contributed by atoms with Gasteiger partial charge in [0.15, 0.2) is 0 Å². The van der Waals surface area contributed by atoms with E-state index in [2.05, 4.69) is 21.2 Å². The lowest BCUT2D eigenvalue weighted by Gasteiger charge is -2.25. The van der Waals surface area contributed by atoms with Crippen molar-refractivity contribution in [2.24, 2.45) is 0 Å². The van der Waals surface area contributed by atoms with Crippen LogP contribution in [0.5, 0.6) is 0 Å². The smallest absolute Gasteiger partial charge is 0.329 e. The molecule has 0 unspecified atom stereocenters. The van der Waals surface area contributed by atoms with Gasteiger partial charge >= 0.3 is 5.97 Å². The Kier molecular flexibility index (Phi) is 5.32. The number of carbonyl (C=O) groups excluding carboxylic acids is 1. The first-order valence-corrected chi connectivity index (χ1v) is 8.64. The highest BCUT2D eigenvalue weighted by Gasteiger charge is 2.42. The number of aliphatic carboxylic acids is 1. The molecule has 21 heavy (non-hydrogen) atoms. The first-order chi connectivity index (χ1) is 9.93. The summed E-state index contributed by atoms with van der Waals surface area (Å²) in [5, 5.41) is 12.1. The summed E-state index contributed by atoms with van der Waals surface area (Å²) in [6, 6.07) is 5.89. The van der Waals surface area contributed by atoms with Crippen LogP contribution >= 0.6 is 27.7 Å². The molecule has 0 bridgehead atoms. The Labute approximate surface area is 136 Å². The predicted octanol–water partition coefficient (Wildman–Crippen LogP) is 3.36. The lowest BCUT2D eigenvalue weighted by Crippen LogP contribution is -2.53. The minimum atomic E-state index is -1.05. The number of benzene rings is 1. The number of amides is 1. The van der Waals surface area contributed by atoms with Gasteiger partial charge in [-0.2, -0.15) is 0 Å². The quantitative estimate of drug-likeness (QED) is 0.778. The summed E-state index contributed by atoms with van der Waals surface area (Å²) >= 11 is 4.84. The van der Waals surface area contributed by atoms with Crippen LogP contribution in [-0.2, 0) is 9.59 Å². The van der Waals surface area contributed by atoms with Crippen molar-refractivity contribution in [3.05, 3.63) is 28.2 Å². The number of carbonyl (C=O) groups is 2. The SMILES string of the molecule is Cc1cc(Br)ccc1SCC(=O)NC1(C(=O)O)CCCC1. The number of thioether (sulfide) groups is 1. The molecule has 0 saturated heterocycles. The van der Waals surface area contributed by atoms with Crippen LogP contribution < -0.4 is 5.32 Å². The van der Waals surface area contributed by atoms with Crippen LogP contribution in [0.2, 0.25) is 0 Å². The highest BCUT2D eigenvalue weighted by atomic mass is 79.9. The summed E-state index contributed by atoms with van der Waals surface area (Å²) in [5.74, 6) is -0.901. The van der Waals surface area contributed by atoms with E-state index in [0.717, 1.165) is 27.8 Å². The summed E-state index contributed by atoms with van der Waals surface area (Å²) < 4.78 is 1.00. The summed E-state index contributed by atoms with van der Waals surface area (Å²) in [6.07, 6.45) is 2.75. The maximum Gasteiger partial charge on any atom is 0.329 e. The molecular weight excluding hydrogens is 354 g/mol. The Morgan fingerprint density at radius 3 is 2.62 bits per heavy atom. The van der Waals surface area contributed by atoms with E-state index < -0.39 is 11.5 Å². The Bertz CT molecular complexity index is 556. The number of carboxylic acid groups (broad SMARTS) is 1. The zero-order chi connectivity index (χ0) is 15.5. The van der Waals surface area contributed by atoms with Crippen LogP contribution in [0.25, 0.3) is 0 Å². The molecule has 6 heteroatoms. The molecule has 1 aliphatic carbocycles. The third-order valence-corrected chi connectivity index (χ3v) is 5.41. The molecule has 1 saturated carbocycles. The van der Waals surface area contributed by atoms with Gasteiger partial charge in [0, 0.05) is 9.37 Å². The maximum absolute atomic E-state index is 12.1. The zero-order valence-corrected chi connectivity index (χ0v) is 14.2. The predicted molar refractivity (Wildman–Crippen MR) is 86.6 cm³/mol. The maximum atomic E-state index is 12.1. The van der Waals surface area contributed by atoms with Gasteiger partial charge in [-0.05, 0) is 43.5 Å². The van der Waals surface area contributed by atoms with E-state index in [1.54, 1.807) is 0 Å². The highest BCUT2D eigenvalue weighted by Crippen LogP contribution is 2.30. The molecule has 1 aromatic carbocycles. The van der Waals surface area contributed by atoms with Crippen LogP contribution in [-0.4, -0.2) is 28.3 Å². The Balaban J connectivity index is 1.94. The van der Waals surface area contributed by atoms with Crippen molar-refractivity contribution in [3.63, 3.8) is 0 Å². The Morgan fingerprint density at radius 1 is 1.38 bits per heavy atom. The van der Waals surface area contributed by atoms with Crippen LogP contribution in [0.1, 0.15) is 31.2 Å². The molecule has 2 N–H and O–H groups in total. The van der Waals surface area contributed by atoms with E-state index in [-0.39, 0.29) is 11.7 Å². The number of aryl methyl sites for hydroxylation is 1. The van der Waals surface area contributed by atoms with Gasteiger partial charge in [-0.3, -0.25) is 4.79 Å². The van der Waals surface area contributed by atoms with Crippen molar-refractivity contribution in [2.45, 2.75) is 43.0 Å². The zero-order valence-electron chi connectivity index (χ0n) is 11.8. The third kappa shape index (κ3) is 4.01. The number of nitrogens with one attached hydrogen (secondary N) is 1. The van der Waals surface area contributed by atoms with Gasteiger partial charge in [-0.15, -0.1) is 11.8 Å². The van der Waals surface area contributed by atoms with Crippen molar-refractivity contribution in [1.29, 1.82) is 0 Å². The summed E-state index contributed by atoms with van der Waals surface area (Å²) in [5.41, 5.74) is 0.0443. The van der Waals surface area contributed by atoms with Gasteiger partial charge in [0.2, 0.25) is 5.91 Å². The summed E-state index contributed by atoms with van der Waals surface area (Å²) in [7, 11) is 0. The molecule has 0 aromatic heterocycles. The molecule has 1 amide bonds. The number of hydrogen-bond donors (Lipinski definition) is 2. The van der Waals surface area contributed by atoms with Crippen LogP contribution in [0.3, 0.4) is 0 Å². The first-order valence-electron chi connectivity index (χ1n) is 6.86. The normalized spacial score (nSPS) is 16.7. The number of halogens is 1. The minimum absolute atomic E-state index is 0.216. The largest absolute Gasteiger partial charge is 0.480 e. The van der Waals surface area contributed by atoms with E-state index in [4.69, 9.17) is 0 Å². The highest BCUT2D eigenvalue weighted by molar-refractivity contribution is 9.10. The fourth-order valence-electron chi connectivity index (χ4n) is 2.59. The van der Waals surface area contributed by atoms with Gasteiger partial charge in [-0.1, -0.05) is 28.8 Å². The van der Waals surface area contributed by atoms with Crippen molar-refractivity contribution in [3.8, 4) is 0 Å². The van der Waals surface area contributed by atoms with Gasteiger partial charge in [0.1, 0.15) is 5.54 Å². The third-order valence-electron chi connectivity index (χ3n) is 3.74. The molecule has 1 aromatic rings. The van der Waals surface area contributed by atoms with Crippen LogP contribution in [0, 0.1) is 6.92 Å². The second-order valence-electron chi connectivity index (χ2n) is 5.34. The number of rotatable bonds is 5. The van der Waals surface area contributed by atoms with Gasteiger partial charge < -0.3 is 10.4 Å². The lowest BCUT2D eigenvalue weighted by molar-refractivity contribution is -0.147. The molecule has 0 heterocycles. The van der Waals surface area contributed by atoms with Crippen molar-refractivity contribution in [2.75, 3.05) is 5.75 Å². The molecule has 1 fully saturated rings. The lowest BCUT2D eigenvalue weighted by atomic mass is 9.98. The number of hydrogen-bond acceptors (Lipinski definition) is 3. The standard InChI is InChI=1S/C15H18BrNO3S/c1-10-8-11(16)4-5-12(10)21-9-13(18)17-15(14(19)20)6-2-3-7-15/h4-5,8H,2-3,6-7,9H2,1H3,(H,17,18)(H,19,20). The van der Waals surface area contributed by atoms with Crippen LogP contribution in [0.15, 0.2) is 27.6 Å². The van der Waals surface area contributed by atoms with E-state index in [0.29, 0.717) is 12.8 Å². The van der Waals surface area contributed by atoms with Crippen molar-refractivity contribution >= 4 is 39.6 Å². The molecule has 1 aliphatic rings. The van der Waals surface area contributed by atoms with Gasteiger partial charge in [0.05, 0.1) is 5.75 Å². The molecule has 0 radical (unpaired) electrons. The summed E-state index contributed by atoms with van der Waals surface area (Å²) in [6.45, 7) is 1.99. The molecule has 114 valence electrons. The first kappa shape index (κ1) is 16.4. The van der Waals surface area contributed by atoms with Crippen molar-refractivity contribution < 1.29 is 14.7 Å². The molecule has 0 atom stereocenters. The second kappa shape index (κ2) is 6.83. The van der Waals surface area contributed by atoms with E-state index in [9.17, 15) is 14.7 Å². The van der Waals surface area contributed by atoms with E-state index in [1.165, 1.54) is 11.8 Å². The monoisotopic (exact) mass is 371 g/mol. The summed E-state index contributed by atoms with van der Waals surface area (Å²) in [4.78, 5) is 24.5. The molecule has 0 aliphatic heterocycles. The van der Waals surface area contributed by atoms with Crippen LogP contribution in [0.4, 0.5) is 0 Å². The Hall–Kier alpha value is -1.01. The molecular formula is C15H18BrNO3S. The molecule has 2 rings (SSSR count). The van der Waals surface area contributed by atoms with Gasteiger partial charge in [-0.25, -0.2) is 4.79 Å². The fraction of sp³-hybridized carbons (Fsp3) is 0.467. The van der Waals surface area contributed by atoms with Gasteiger partial charge in [0.25, 0.3) is 0 Å². The Morgan fingerprint density at radius 2 is 2.05 bits per heavy atom. The fourth-order valence-corrected chi connectivity index (χ4v) is 3.88. The second-order valence-corrected chi connectivity index (χ2v) is 7.27. The van der Waals surface area contributed by atoms with E-state index >= 15 is 0 Å². The average Bonchev–Trinajstić information content (AvgIpc) is 2.87. The van der Waals surface area contributed by atoms with E-state index in [1.807, 2.05) is 25.1 Å². The average molecular weight is 372 g/mol. The molecule has 4 nitrogen and oxygen atoms in total. The van der Waals surface area contributed by atoms with Crippen molar-refractivity contribution in [1.82, 2.24) is 5.32 Å². The topological polar surface area (TPSA) is 66.4 Å². The molecule has 0 spiro atoms. The number of carboxylic acids is 1.